The minimum absolute atomic E-state index is 0.00866. The van der Waals surface area contributed by atoms with Gasteiger partial charge >= 0.3 is 6.18 Å². The Hall–Kier alpha value is -1.07. The van der Waals surface area contributed by atoms with Crippen LogP contribution in [0.2, 0.25) is 0 Å². The molecule has 1 aromatic heterocycles. The van der Waals surface area contributed by atoms with Gasteiger partial charge in [-0.2, -0.15) is 13.2 Å². The lowest BCUT2D eigenvalue weighted by molar-refractivity contribution is -0.144. The summed E-state index contributed by atoms with van der Waals surface area (Å²) in [6.07, 6.45) is -4.11. The minimum atomic E-state index is -4.36. The van der Waals surface area contributed by atoms with Crippen molar-refractivity contribution in [3.63, 3.8) is 0 Å². The zero-order valence-electron chi connectivity index (χ0n) is 7.39. The molecule has 1 heterocycles. The third-order valence-corrected chi connectivity index (χ3v) is 1.71. The zero-order valence-corrected chi connectivity index (χ0v) is 7.39. The summed E-state index contributed by atoms with van der Waals surface area (Å²) in [5.41, 5.74) is -0.716. The highest BCUT2D eigenvalue weighted by Crippen LogP contribution is 2.31. The van der Waals surface area contributed by atoms with Crippen LogP contribution in [0.15, 0.2) is 0 Å². The summed E-state index contributed by atoms with van der Waals surface area (Å²) in [6, 6.07) is 0. The molecule has 74 valence electrons. The molecular weight excluding hydrogens is 183 g/mol. The van der Waals surface area contributed by atoms with Crippen molar-refractivity contribution in [1.82, 2.24) is 15.0 Å². The Bertz CT molecular complexity index is 268. The van der Waals surface area contributed by atoms with Crippen LogP contribution in [-0.4, -0.2) is 15.0 Å². The third kappa shape index (κ3) is 1.81. The zero-order chi connectivity index (χ0) is 10.1. The molecule has 0 aromatic carbocycles. The largest absolute Gasteiger partial charge is 0.434 e. The van der Waals surface area contributed by atoms with Crippen molar-refractivity contribution in [2.45, 2.75) is 33.0 Å². The van der Waals surface area contributed by atoms with E-state index in [1.807, 2.05) is 0 Å². The molecule has 1 rings (SSSR count). The van der Waals surface area contributed by atoms with E-state index in [9.17, 15) is 13.2 Å². The van der Waals surface area contributed by atoms with Crippen LogP contribution in [0.1, 0.15) is 25.2 Å². The predicted molar refractivity (Wildman–Crippen MR) is 40.1 cm³/mol. The van der Waals surface area contributed by atoms with Crippen molar-refractivity contribution in [2.75, 3.05) is 0 Å². The standard InChI is InChI=1S/C7H10F3N3/c1-3-5-6(7(8,9)10)13(4-2)12-11-5/h3-4H2,1-2H3. The van der Waals surface area contributed by atoms with Crippen LogP contribution in [0.25, 0.3) is 0 Å². The molecule has 1 aromatic rings. The van der Waals surface area contributed by atoms with Crippen LogP contribution in [0.3, 0.4) is 0 Å². The molecule has 13 heavy (non-hydrogen) atoms. The molecule has 0 aliphatic heterocycles. The Labute approximate surface area is 73.5 Å². The number of aryl methyl sites for hydroxylation is 2. The van der Waals surface area contributed by atoms with Crippen molar-refractivity contribution in [1.29, 1.82) is 0 Å². The molecule has 0 aliphatic rings. The molecular formula is C7H10F3N3. The molecule has 0 bridgehead atoms. The van der Waals surface area contributed by atoms with Crippen molar-refractivity contribution in [3.05, 3.63) is 11.4 Å². The van der Waals surface area contributed by atoms with Crippen molar-refractivity contribution in [3.8, 4) is 0 Å². The lowest BCUT2D eigenvalue weighted by Crippen LogP contribution is -2.15. The van der Waals surface area contributed by atoms with Crippen molar-refractivity contribution >= 4 is 0 Å². The normalized spacial score (nSPS) is 12.1. The number of nitrogens with zero attached hydrogens (tertiary/aromatic N) is 3. The molecule has 0 spiro atoms. The van der Waals surface area contributed by atoms with Gasteiger partial charge < -0.3 is 0 Å². The van der Waals surface area contributed by atoms with Gasteiger partial charge in [0.15, 0.2) is 5.69 Å². The number of halogens is 3. The van der Waals surface area contributed by atoms with E-state index in [0.29, 0.717) is 0 Å². The van der Waals surface area contributed by atoms with E-state index in [2.05, 4.69) is 10.3 Å². The first-order valence-corrected chi connectivity index (χ1v) is 4.00. The summed E-state index contributed by atoms with van der Waals surface area (Å²) in [7, 11) is 0. The van der Waals surface area contributed by atoms with Gasteiger partial charge in [0.25, 0.3) is 0 Å². The van der Waals surface area contributed by atoms with Gasteiger partial charge in [-0.25, -0.2) is 4.68 Å². The Morgan fingerprint density at radius 1 is 1.31 bits per heavy atom. The molecule has 6 heteroatoms. The molecule has 0 saturated carbocycles. The van der Waals surface area contributed by atoms with E-state index in [1.54, 1.807) is 13.8 Å². The second-order valence-electron chi connectivity index (χ2n) is 2.55. The highest BCUT2D eigenvalue weighted by Gasteiger charge is 2.38. The number of rotatable bonds is 2. The van der Waals surface area contributed by atoms with Crippen LogP contribution in [0.4, 0.5) is 13.2 Å². The van der Waals surface area contributed by atoms with Crippen molar-refractivity contribution < 1.29 is 13.2 Å². The minimum Gasteiger partial charge on any atom is -0.240 e. The maximum absolute atomic E-state index is 12.4. The molecule has 0 unspecified atom stereocenters. The third-order valence-electron chi connectivity index (χ3n) is 1.71. The van der Waals surface area contributed by atoms with E-state index in [0.717, 1.165) is 4.68 Å². The second kappa shape index (κ2) is 3.35. The summed E-state index contributed by atoms with van der Waals surface area (Å²) < 4.78 is 38.1. The summed E-state index contributed by atoms with van der Waals surface area (Å²) >= 11 is 0. The van der Waals surface area contributed by atoms with Crippen molar-refractivity contribution in [2.24, 2.45) is 0 Å². The number of hydrogen-bond acceptors (Lipinski definition) is 2. The molecule has 0 radical (unpaired) electrons. The molecule has 0 amide bonds. The lowest BCUT2D eigenvalue weighted by Gasteiger charge is -2.08. The van der Waals surface area contributed by atoms with E-state index in [1.165, 1.54) is 0 Å². The summed E-state index contributed by atoms with van der Waals surface area (Å²) in [5.74, 6) is 0. The number of alkyl halides is 3. The summed E-state index contributed by atoms with van der Waals surface area (Å²) in [4.78, 5) is 0. The highest BCUT2D eigenvalue weighted by molar-refractivity contribution is 5.13. The van der Waals surface area contributed by atoms with E-state index < -0.39 is 11.9 Å². The van der Waals surface area contributed by atoms with Crippen LogP contribution in [-0.2, 0) is 19.1 Å². The maximum atomic E-state index is 12.4. The smallest absolute Gasteiger partial charge is 0.240 e. The van der Waals surface area contributed by atoms with Gasteiger partial charge in [0.2, 0.25) is 0 Å². The van der Waals surface area contributed by atoms with Gasteiger partial charge in [0.1, 0.15) is 0 Å². The van der Waals surface area contributed by atoms with E-state index >= 15 is 0 Å². The Morgan fingerprint density at radius 2 is 1.92 bits per heavy atom. The first-order valence-electron chi connectivity index (χ1n) is 4.00. The number of aromatic nitrogens is 3. The van der Waals surface area contributed by atoms with Crippen LogP contribution in [0, 0.1) is 0 Å². The first kappa shape index (κ1) is 10.0. The second-order valence-corrected chi connectivity index (χ2v) is 2.55. The van der Waals surface area contributed by atoms with E-state index in [4.69, 9.17) is 0 Å². The SMILES string of the molecule is CCc1nnn(CC)c1C(F)(F)F. The monoisotopic (exact) mass is 193 g/mol. The van der Waals surface area contributed by atoms with Gasteiger partial charge in [-0.3, -0.25) is 0 Å². The van der Waals surface area contributed by atoms with Gasteiger partial charge in [0.05, 0.1) is 5.69 Å². The quantitative estimate of drug-likeness (QED) is 0.717. The van der Waals surface area contributed by atoms with E-state index in [-0.39, 0.29) is 18.7 Å². The topological polar surface area (TPSA) is 30.7 Å². The summed E-state index contributed by atoms with van der Waals surface area (Å²) in [5, 5.41) is 6.88. The van der Waals surface area contributed by atoms with Crippen LogP contribution < -0.4 is 0 Å². The fourth-order valence-corrected chi connectivity index (χ4v) is 1.12. The average Bonchev–Trinajstić information content (AvgIpc) is 2.45. The van der Waals surface area contributed by atoms with Crippen LogP contribution in [0.5, 0.6) is 0 Å². The molecule has 0 fully saturated rings. The molecule has 3 nitrogen and oxygen atoms in total. The molecule has 0 atom stereocenters. The molecule has 0 aliphatic carbocycles. The molecule has 0 N–H and O–H groups in total. The first-order chi connectivity index (χ1) is 6.00. The molecule has 0 saturated heterocycles. The summed E-state index contributed by atoms with van der Waals surface area (Å²) in [6.45, 7) is 3.41. The van der Waals surface area contributed by atoms with Gasteiger partial charge in [-0.1, -0.05) is 12.1 Å². The Kier molecular flexibility index (Phi) is 2.58. The number of hydrogen-bond donors (Lipinski definition) is 0. The van der Waals surface area contributed by atoms with Crippen LogP contribution >= 0.6 is 0 Å². The average molecular weight is 193 g/mol. The maximum Gasteiger partial charge on any atom is 0.434 e. The Balaban J connectivity index is 3.20. The van der Waals surface area contributed by atoms with Gasteiger partial charge in [0, 0.05) is 6.54 Å². The van der Waals surface area contributed by atoms with Gasteiger partial charge in [-0.05, 0) is 13.3 Å². The fraction of sp³-hybridized carbons (Fsp3) is 0.714. The lowest BCUT2D eigenvalue weighted by atomic mass is 10.2. The van der Waals surface area contributed by atoms with Gasteiger partial charge in [-0.15, -0.1) is 5.10 Å². The fourth-order valence-electron chi connectivity index (χ4n) is 1.12. The Morgan fingerprint density at radius 3 is 2.31 bits per heavy atom. The predicted octanol–water partition coefficient (Wildman–Crippen LogP) is 1.88. The highest BCUT2D eigenvalue weighted by atomic mass is 19.4.